The Morgan fingerprint density at radius 1 is 1.25 bits per heavy atom. The fraction of sp³-hybridized carbons (Fsp3) is 0.538. The molecule has 1 fully saturated rings. The van der Waals surface area contributed by atoms with Crippen molar-refractivity contribution in [3.63, 3.8) is 0 Å². The van der Waals surface area contributed by atoms with Crippen molar-refractivity contribution < 1.29 is 8.42 Å². The highest BCUT2D eigenvalue weighted by Crippen LogP contribution is 2.34. The molecule has 0 amide bonds. The number of piperidine rings is 1. The van der Waals surface area contributed by atoms with Crippen molar-refractivity contribution in [2.24, 2.45) is 5.92 Å². The third-order valence-electron chi connectivity index (χ3n) is 3.64. The van der Waals surface area contributed by atoms with Gasteiger partial charge in [0.2, 0.25) is 10.0 Å². The highest BCUT2D eigenvalue weighted by molar-refractivity contribution is 7.89. The molecule has 1 aromatic carbocycles. The van der Waals surface area contributed by atoms with Crippen LogP contribution in [-0.4, -0.2) is 25.8 Å². The average Bonchev–Trinajstić information content (AvgIpc) is 2.39. The lowest BCUT2D eigenvalue weighted by atomic mass is 10.0. The van der Waals surface area contributed by atoms with E-state index in [9.17, 15) is 8.42 Å². The Morgan fingerprint density at radius 3 is 2.40 bits per heavy atom. The Hall–Kier alpha value is -0.000000000000000167. The molecule has 0 aromatic heterocycles. The number of rotatable bonds is 3. The molecule has 0 spiro atoms. The zero-order chi connectivity index (χ0) is 14.9. The molecule has 1 heterocycles. The maximum absolute atomic E-state index is 12.6. The number of sulfonamides is 1. The van der Waals surface area contributed by atoms with Crippen LogP contribution in [0.2, 0.25) is 10.0 Å². The van der Waals surface area contributed by atoms with E-state index >= 15 is 0 Å². The summed E-state index contributed by atoms with van der Waals surface area (Å²) in [6.45, 7) is 3.18. The highest BCUT2D eigenvalue weighted by atomic mass is 35.5. The normalized spacial score (nSPS) is 18.4. The number of nitrogens with zero attached hydrogens (tertiary/aromatic N) is 1. The summed E-state index contributed by atoms with van der Waals surface area (Å²) >= 11 is 17.9. The number of alkyl halides is 1. The number of halogens is 3. The van der Waals surface area contributed by atoms with E-state index in [0.29, 0.717) is 29.6 Å². The quantitative estimate of drug-likeness (QED) is 0.763. The molecule has 112 valence electrons. The van der Waals surface area contributed by atoms with Crippen LogP contribution in [0.4, 0.5) is 0 Å². The first kappa shape index (κ1) is 16.4. The van der Waals surface area contributed by atoms with Gasteiger partial charge in [0.05, 0.1) is 10.9 Å². The summed E-state index contributed by atoms with van der Waals surface area (Å²) in [7, 11) is -3.58. The summed E-state index contributed by atoms with van der Waals surface area (Å²) in [5.41, 5.74) is 0.460. The van der Waals surface area contributed by atoms with Gasteiger partial charge in [-0.15, -0.1) is 11.6 Å². The Bertz CT molecular complexity index is 596. The Kier molecular flexibility index (Phi) is 5.24. The van der Waals surface area contributed by atoms with Crippen molar-refractivity contribution in [3.05, 3.63) is 27.7 Å². The predicted octanol–water partition coefficient (Wildman–Crippen LogP) is 4.15. The second-order valence-corrected chi connectivity index (χ2v) is 8.02. The lowest BCUT2D eigenvalue weighted by Crippen LogP contribution is -2.38. The predicted molar refractivity (Wildman–Crippen MR) is 83.2 cm³/mol. The molecule has 0 atom stereocenters. The third-order valence-corrected chi connectivity index (χ3v) is 6.75. The van der Waals surface area contributed by atoms with E-state index in [1.807, 2.05) is 0 Å². The second-order valence-electron chi connectivity index (χ2n) is 5.06. The van der Waals surface area contributed by atoms with Crippen LogP contribution in [0, 0.1) is 5.92 Å². The molecule has 3 nitrogen and oxygen atoms in total. The minimum atomic E-state index is -3.58. The molecule has 2 rings (SSSR count). The van der Waals surface area contributed by atoms with E-state index in [2.05, 4.69) is 6.92 Å². The van der Waals surface area contributed by atoms with Gasteiger partial charge < -0.3 is 0 Å². The number of hydrogen-bond acceptors (Lipinski definition) is 2. The third kappa shape index (κ3) is 3.09. The minimum absolute atomic E-state index is 0.0814. The molecule has 0 saturated carbocycles. The summed E-state index contributed by atoms with van der Waals surface area (Å²) in [5.74, 6) is 0.637. The van der Waals surface area contributed by atoms with Crippen LogP contribution < -0.4 is 0 Å². The van der Waals surface area contributed by atoms with Crippen LogP contribution in [0.3, 0.4) is 0 Å². The highest BCUT2D eigenvalue weighted by Gasteiger charge is 2.30. The summed E-state index contributed by atoms with van der Waals surface area (Å²) in [6, 6.07) is 2.98. The van der Waals surface area contributed by atoms with Crippen LogP contribution in [0.25, 0.3) is 0 Å². The SMILES string of the molecule is CC1CCN(S(=O)(=O)c2ccc(Cl)c(CCl)c2Cl)CC1. The second kappa shape index (κ2) is 6.41. The molecule has 0 aliphatic carbocycles. The molecular weight excluding hydrogens is 341 g/mol. The minimum Gasteiger partial charge on any atom is -0.207 e. The first-order valence-corrected chi connectivity index (χ1v) is 9.14. The molecule has 1 saturated heterocycles. The number of hydrogen-bond donors (Lipinski definition) is 0. The topological polar surface area (TPSA) is 37.4 Å². The summed E-state index contributed by atoms with van der Waals surface area (Å²) < 4.78 is 26.8. The summed E-state index contributed by atoms with van der Waals surface area (Å²) in [6.07, 6.45) is 1.74. The fourth-order valence-electron chi connectivity index (χ4n) is 2.26. The van der Waals surface area contributed by atoms with Gasteiger partial charge in [-0.2, -0.15) is 4.31 Å². The van der Waals surface area contributed by atoms with Crippen molar-refractivity contribution in [3.8, 4) is 0 Å². The van der Waals surface area contributed by atoms with E-state index in [0.717, 1.165) is 12.8 Å². The van der Waals surface area contributed by atoms with Crippen LogP contribution in [0.5, 0.6) is 0 Å². The average molecular weight is 357 g/mol. The van der Waals surface area contributed by atoms with Gasteiger partial charge in [-0.1, -0.05) is 30.1 Å². The maximum Gasteiger partial charge on any atom is 0.244 e. The molecule has 0 N–H and O–H groups in total. The van der Waals surface area contributed by atoms with Crippen molar-refractivity contribution in [2.45, 2.75) is 30.5 Å². The van der Waals surface area contributed by atoms with Gasteiger partial charge in [0.15, 0.2) is 0 Å². The van der Waals surface area contributed by atoms with Crippen LogP contribution in [-0.2, 0) is 15.9 Å². The molecule has 1 aromatic rings. The smallest absolute Gasteiger partial charge is 0.207 e. The molecule has 0 bridgehead atoms. The van der Waals surface area contributed by atoms with Gasteiger partial charge in [0, 0.05) is 23.7 Å². The van der Waals surface area contributed by atoms with Crippen LogP contribution >= 0.6 is 34.8 Å². The number of benzene rings is 1. The maximum atomic E-state index is 12.6. The molecule has 1 aliphatic rings. The monoisotopic (exact) mass is 355 g/mol. The summed E-state index contributed by atoms with van der Waals surface area (Å²) in [5, 5.41) is 0.516. The van der Waals surface area contributed by atoms with Gasteiger partial charge in [0.25, 0.3) is 0 Å². The van der Waals surface area contributed by atoms with E-state index in [-0.39, 0.29) is 15.8 Å². The van der Waals surface area contributed by atoms with Gasteiger partial charge in [-0.25, -0.2) is 8.42 Å². The van der Waals surface area contributed by atoms with Crippen LogP contribution in [0.1, 0.15) is 25.3 Å². The molecule has 1 aliphatic heterocycles. The molecule has 0 unspecified atom stereocenters. The van der Waals surface area contributed by atoms with E-state index in [1.54, 1.807) is 0 Å². The zero-order valence-corrected chi connectivity index (χ0v) is 14.2. The molecule has 7 heteroatoms. The summed E-state index contributed by atoms with van der Waals surface area (Å²) in [4.78, 5) is 0.0915. The van der Waals surface area contributed by atoms with Crippen molar-refractivity contribution >= 4 is 44.8 Å². The largest absolute Gasteiger partial charge is 0.244 e. The Morgan fingerprint density at radius 2 is 1.85 bits per heavy atom. The van der Waals surface area contributed by atoms with E-state index in [4.69, 9.17) is 34.8 Å². The van der Waals surface area contributed by atoms with E-state index in [1.165, 1.54) is 16.4 Å². The van der Waals surface area contributed by atoms with Crippen molar-refractivity contribution in [2.75, 3.05) is 13.1 Å². The van der Waals surface area contributed by atoms with Gasteiger partial charge in [-0.3, -0.25) is 0 Å². The Labute approximate surface area is 134 Å². The van der Waals surface area contributed by atoms with Crippen molar-refractivity contribution in [1.82, 2.24) is 4.31 Å². The van der Waals surface area contributed by atoms with Gasteiger partial charge in [0.1, 0.15) is 4.90 Å². The standard InChI is InChI=1S/C13H16Cl3NO2S/c1-9-4-6-17(7-5-9)20(18,19)12-3-2-11(15)10(8-14)13(12)16/h2-3,9H,4-8H2,1H3. The zero-order valence-electron chi connectivity index (χ0n) is 11.1. The fourth-order valence-corrected chi connectivity index (χ4v) is 5.03. The first-order chi connectivity index (χ1) is 9.37. The van der Waals surface area contributed by atoms with E-state index < -0.39 is 10.0 Å². The lowest BCUT2D eigenvalue weighted by molar-refractivity contribution is 0.288. The first-order valence-electron chi connectivity index (χ1n) is 6.41. The Balaban J connectivity index is 2.40. The molecule has 20 heavy (non-hydrogen) atoms. The van der Waals surface area contributed by atoms with Gasteiger partial charge in [-0.05, 0) is 30.9 Å². The van der Waals surface area contributed by atoms with Crippen LogP contribution in [0.15, 0.2) is 17.0 Å². The van der Waals surface area contributed by atoms with Crippen molar-refractivity contribution in [1.29, 1.82) is 0 Å². The molecule has 0 radical (unpaired) electrons. The van der Waals surface area contributed by atoms with Gasteiger partial charge >= 0.3 is 0 Å². The lowest BCUT2D eigenvalue weighted by Gasteiger charge is -2.29. The molecular formula is C13H16Cl3NO2S.